The number of carbonyl (C=O) groups excluding carboxylic acids is 2. The van der Waals surface area contributed by atoms with E-state index < -0.39 is 0 Å². The van der Waals surface area contributed by atoms with Gasteiger partial charge >= 0.3 is 0 Å². The highest BCUT2D eigenvalue weighted by Crippen LogP contribution is 2.35. The van der Waals surface area contributed by atoms with Crippen molar-refractivity contribution in [3.8, 4) is 0 Å². The standard InChI is InChI=1S/C29H41N5O2/c1-23-7-9-24(10-8-23)22-29(32(2)3)15-13-25(14-16-29)31-27(35)11-12-28(36)34-20-18-33(19-21-34)26-6-4-5-17-30-26/h4-10,17,25H,11-16,18-22H2,1-3H3,(H,31,35). The van der Waals surface area contributed by atoms with E-state index in [9.17, 15) is 9.59 Å². The van der Waals surface area contributed by atoms with Crippen LogP contribution in [0.1, 0.15) is 49.7 Å². The van der Waals surface area contributed by atoms with Crippen LogP contribution in [0.15, 0.2) is 48.7 Å². The molecule has 1 N–H and O–H groups in total. The maximum absolute atomic E-state index is 12.7. The lowest BCUT2D eigenvalue weighted by Crippen LogP contribution is -2.52. The Kier molecular flexibility index (Phi) is 8.62. The maximum Gasteiger partial charge on any atom is 0.223 e. The SMILES string of the molecule is Cc1ccc(CC2(N(C)C)CCC(NC(=O)CCC(=O)N3CCN(c4ccccn4)CC3)CC2)cc1. The lowest BCUT2D eigenvalue weighted by atomic mass is 9.74. The van der Waals surface area contributed by atoms with E-state index in [0.717, 1.165) is 51.0 Å². The number of aromatic nitrogens is 1. The third-order valence-corrected chi connectivity index (χ3v) is 8.06. The monoisotopic (exact) mass is 491 g/mol. The Bertz CT molecular complexity index is 992. The lowest BCUT2D eigenvalue weighted by Gasteiger charge is -2.45. The minimum absolute atomic E-state index is 0.00337. The van der Waals surface area contributed by atoms with Crippen LogP contribution < -0.4 is 10.2 Å². The second kappa shape index (κ2) is 11.9. The number of amides is 2. The molecule has 194 valence electrons. The molecule has 7 heteroatoms. The molecule has 0 radical (unpaired) electrons. The average Bonchev–Trinajstić information content (AvgIpc) is 2.90. The van der Waals surface area contributed by atoms with Crippen LogP contribution in [0.25, 0.3) is 0 Å². The van der Waals surface area contributed by atoms with Crippen LogP contribution in [0, 0.1) is 6.92 Å². The molecule has 0 bridgehead atoms. The molecule has 7 nitrogen and oxygen atoms in total. The van der Waals surface area contributed by atoms with Crippen LogP contribution in [0.4, 0.5) is 5.82 Å². The van der Waals surface area contributed by atoms with Crippen molar-refractivity contribution in [1.82, 2.24) is 20.1 Å². The Morgan fingerprint density at radius 2 is 1.69 bits per heavy atom. The van der Waals surface area contributed by atoms with E-state index in [1.165, 1.54) is 11.1 Å². The van der Waals surface area contributed by atoms with Crippen molar-refractivity contribution in [2.24, 2.45) is 0 Å². The molecule has 1 aromatic carbocycles. The lowest BCUT2D eigenvalue weighted by molar-refractivity contribution is -0.134. The fourth-order valence-electron chi connectivity index (χ4n) is 5.57. The van der Waals surface area contributed by atoms with Gasteiger partial charge in [-0.3, -0.25) is 9.59 Å². The number of aryl methyl sites for hydroxylation is 1. The van der Waals surface area contributed by atoms with Crippen LogP contribution in [-0.2, 0) is 16.0 Å². The Labute approximate surface area is 215 Å². The van der Waals surface area contributed by atoms with Gasteiger partial charge in [0.2, 0.25) is 11.8 Å². The quantitative estimate of drug-likeness (QED) is 0.613. The first kappa shape index (κ1) is 26.1. The van der Waals surface area contributed by atoms with Gasteiger partial charge in [0, 0.05) is 56.8 Å². The van der Waals surface area contributed by atoms with Gasteiger partial charge in [0.15, 0.2) is 0 Å². The molecule has 1 saturated carbocycles. The van der Waals surface area contributed by atoms with Crippen molar-refractivity contribution >= 4 is 17.6 Å². The number of carbonyl (C=O) groups is 2. The minimum Gasteiger partial charge on any atom is -0.353 e. The summed E-state index contributed by atoms with van der Waals surface area (Å²) in [5.74, 6) is 1.02. The van der Waals surface area contributed by atoms with E-state index >= 15 is 0 Å². The highest BCUT2D eigenvalue weighted by molar-refractivity contribution is 5.84. The van der Waals surface area contributed by atoms with Gasteiger partial charge in [0.1, 0.15) is 5.82 Å². The van der Waals surface area contributed by atoms with Gasteiger partial charge in [0.25, 0.3) is 0 Å². The molecule has 1 saturated heterocycles. The van der Waals surface area contributed by atoms with Crippen LogP contribution in [0.2, 0.25) is 0 Å². The number of anilines is 1. The van der Waals surface area contributed by atoms with E-state index in [0.29, 0.717) is 13.1 Å². The summed E-state index contributed by atoms with van der Waals surface area (Å²) in [6, 6.07) is 14.9. The smallest absolute Gasteiger partial charge is 0.223 e. The summed E-state index contributed by atoms with van der Waals surface area (Å²) < 4.78 is 0. The van der Waals surface area contributed by atoms with Gasteiger partial charge in [-0.2, -0.15) is 0 Å². The number of likely N-dealkylation sites (N-methyl/N-ethyl adjacent to an activating group) is 1. The summed E-state index contributed by atoms with van der Waals surface area (Å²) in [6.07, 6.45) is 7.41. The number of rotatable bonds is 8. The largest absolute Gasteiger partial charge is 0.353 e. The fraction of sp³-hybridized carbons (Fsp3) is 0.552. The minimum atomic E-state index is -0.00337. The van der Waals surface area contributed by atoms with E-state index in [2.05, 4.69) is 65.4 Å². The highest BCUT2D eigenvalue weighted by Gasteiger charge is 2.37. The van der Waals surface area contributed by atoms with E-state index in [-0.39, 0.29) is 36.2 Å². The van der Waals surface area contributed by atoms with Crippen LogP contribution in [0.3, 0.4) is 0 Å². The normalized spacial score (nSPS) is 22.5. The van der Waals surface area contributed by atoms with Crippen molar-refractivity contribution in [1.29, 1.82) is 0 Å². The molecule has 36 heavy (non-hydrogen) atoms. The second-order valence-electron chi connectivity index (χ2n) is 10.7. The number of pyridine rings is 1. The van der Waals surface area contributed by atoms with Gasteiger partial charge in [-0.25, -0.2) is 4.98 Å². The summed E-state index contributed by atoms with van der Waals surface area (Å²) in [4.78, 5) is 36.2. The third-order valence-electron chi connectivity index (χ3n) is 8.06. The molecule has 2 amide bonds. The van der Waals surface area contributed by atoms with E-state index in [1.54, 1.807) is 6.20 Å². The summed E-state index contributed by atoms with van der Waals surface area (Å²) in [5.41, 5.74) is 2.79. The van der Waals surface area contributed by atoms with Gasteiger partial charge in [-0.1, -0.05) is 35.9 Å². The maximum atomic E-state index is 12.7. The summed E-state index contributed by atoms with van der Waals surface area (Å²) >= 11 is 0. The molecule has 2 fully saturated rings. The predicted octanol–water partition coefficient (Wildman–Crippen LogP) is 3.42. The number of piperazine rings is 1. The zero-order valence-corrected chi connectivity index (χ0v) is 22.1. The zero-order chi connectivity index (χ0) is 25.5. The molecule has 4 rings (SSSR count). The number of hydrogen-bond acceptors (Lipinski definition) is 5. The summed E-state index contributed by atoms with van der Waals surface area (Å²) in [5, 5.41) is 3.21. The second-order valence-corrected chi connectivity index (χ2v) is 10.7. The molecule has 0 atom stereocenters. The van der Waals surface area contributed by atoms with Gasteiger partial charge < -0.3 is 20.0 Å². The number of nitrogens with one attached hydrogen (secondary N) is 1. The van der Waals surface area contributed by atoms with Crippen molar-refractivity contribution in [3.05, 3.63) is 59.8 Å². The molecule has 1 aliphatic heterocycles. The first-order chi connectivity index (χ1) is 17.3. The highest BCUT2D eigenvalue weighted by atomic mass is 16.2. The molecule has 1 aliphatic carbocycles. The Balaban J connectivity index is 1.18. The van der Waals surface area contributed by atoms with Gasteiger partial charge in [-0.15, -0.1) is 0 Å². The molecule has 0 unspecified atom stereocenters. The average molecular weight is 492 g/mol. The van der Waals surface area contributed by atoms with Crippen LogP contribution in [-0.4, -0.2) is 78.5 Å². The van der Waals surface area contributed by atoms with Crippen molar-refractivity contribution in [2.45, 2.75) is 63.5 Å². The van der Waals surface area contributed by atoms with Gasteiger partial charge in [-0.05, 0) is 70.8 Å². The Morgan fingerprint density at radius 1 is 1.00 bits per heavy atom. The number of benzene rings is 1. The van der Waals surface area contributed by atoms with Crippen LogP contribution >= 0.6 is 0 Å². The topological polar surface area (TPSA) is 68.8 Å². The first-order valence-electron chi connectivity index (χ1n) is 13.3. The molecular formula is C29H41N5O2. The van der Waals surface area contributed by atoms with Crippen LogP contribution in [0.5, 0.6) is 0 Å². The molecular weight excluding hydrogens is 450 g/mol. The van der Waals surface area contributed by atoms with Crippen molar-refractivity contribution in [3.63, 3.8) is 0 Å². The molecule has 1 aromatic heterocycles. The number of nitrogens with zero attached hydrogens (tertiary/aromatic N) is 4. The Morgan fingerprint density at radius 3 is 2.31 bits per heavy atom. The summed E-state index contributed by atoms with van der Waals surface area (Å²) in [6.45, 7) is 5.01. The predicted molar refractivity (Wildman–Crippen MR) is 144 cm³/mol. The van der Waals surface area contributed by atoms with Crippen molar-refractivity contribution < 1.29 is 9.59 Å². The molecule has 2 heterocycles. The molecule has 2 aliphatic rings. The zero-order valence-electron chi connectivity index (χ0n) is 22.1. The molecule has 2 aromatic rings. The van der Waals surface area contributed by atoms with E-state index in [4.69, 9.17) is 0 Å². The first-order valence-corrected chi connectivity index (χ1v) is 13.3. The van der Waals surface area contributed by atoms with E-state index in [1.807, 2.05) is 23.1 Å². The fourth-order valence-corrected chi connectivity index (χ4v) is 5.57. The van der Waals surface area contributed by atoms with Crippen molar-refractivity contribution in [2.75, 3.05) is 45.2 Å². The molecule has 0 spiro atoms. The summed E-state index contributed by atoms with van der Waals surface area (Å²) in [7, 11) is 4.35. The van der Waals surface area contributed by atoms with Gasteiger partial charge in [0.05, 0.1) is 0 Å². The third kappa shape index (κ3) is 6.64. The Hall–Kier alpha value is -2.93. The number of hydrogen-bond donors (Lipinski definition) is 1.